The van der Waals surface area contributed by atoms with Gasteiger partial charge in [-0.1, -0.05) is 45.0 Å². The van der Waals surface area contributed by atoms with Crippen molar-refractivity contribution in [3.63, 3.8) is 0 Å². The monoisotopic (exact) mass is 699 g/mol. The van der Waals surface area contributed by atoms with Crippen molar-refractivity contribution in [1.29, 1.82) is 0 Å². The molecule has 2 aliphatic rings. The van der Waals surface area contributed by atoms with Crippen molar-refractivity contribution in [2.75, 3.05) is 36.5 Å². The molecule has 12 nitrogen and oxygen atoms in total. The van der Waals surface area contributed by atoms with E-state index in [0.29, 0.717) is 37.0 Å². The Bertz CT molecular complexity index is 1950. The number of aromatic nitrogens is 4. The molecule has 50 heavy (non-hydrogen) atoms. The number of rotatable bonds is 6. The third-order valence-corrected chi connectivity index (χ3v) is 10.4. The Balaban J connectivity index is 1.44. The fourth-order valence-corrected chi connectivity index (χ4v) is 7.59. The molecule has 6 rings (SSSR count). The quantitative estimate of drug-likeness (QED) is 0.262. The highest BCUT2D eigenvalue weighted by Gasteiger charge is 2.32. The highest BCUT2D eigenvalue weighted by atomic mass is 32.2. The van der Waals surface area contributed by atoms with Crippen molar-refractivity contribution >= 4 is 27.8 Å². The average Bonchev–Trinajstić information content (AvgIpc) is 3.08. The van der Waals surface area contributed by atoms with Crippen LogP contribution in [0.3, 0.4) is 0 Å². The Morgan fingerprint density at radius 2 is 1.70 bits per heavy atom. The van der Waals surface area contributed by atoms with Gasteiger partial charge in [0.05, 0.1) is 28.9 Å². The van der Waals surface area contributed by atoms with E-state index in [2.05, 4.69) is 45.3 Å². The van der Waals surface area contributed by atoms with E-state index in [1.165, 1.54) is 12.1 Å². The molecule has 4 aromatic rings. The van der Waals surface area contributed by atoms with E-state index in [4.69, 9.17) is 14.5 Å². The summed E-state index contributed by atoms with van der Waals surface area (Å²) in [6.45, 7) is 11.9. The zero-order valence-electron chi connectivity index (χ0n) is 29.5. The molecule has 0 aliphatic carbocycles. The average molecular weight is 700 g/mol. The number of ether oxygens (including phenoxy) is 2. The molecule has 264 valence electrons. The fraction of sp³-hybridized carbons (Fsp3) is 0.432. The molecule has 0 spiro atoms. The van der Waals surface area contributed by atoms with Crippen molar-refractivity contribution in [2.45, 2.75) is 77.4 Å². The molecule has 0 unspecified atom stereocenters. The van der Waals surface area contributed by atoms with Crippen molar-refractivity contribution in [2.24, 2.45) is 5.41 Å². The van der Waals surface area contributed by atoms with Crippen LogP contribution in [0, 0.1) is 19.3 Å². The van der Waals surface area contributed by atoms with E-state index in [-0.39, 0.29) is 52.8 Å². The second kappa shape index (κ2) is 14.3. The summed E-state index contributed by atoms with van der Waals surface area (Å²) in [7, 11) is -2.20. The Hall–Kier alpha value is -4.62. The van der Waals surface area contributed by atoms with E-state index >= 15 is 0 Å². The SMILES string of the molecule is Cc1cccc(C)c1-c1cc2nc(n1)NS(=O)(=O)c1cccc(c1)C(=O)N(Cc1ccnc(N(C)C3CCOCC3)n1)[C@H](CC(C)(C)C)CO2. The second-order valence-corrected chi connectivity index (χ2v) is 16.0. The van der Waals surface area contributed by atoms with Crippen molar-refractivity contribution < 1.29 is 22.7 Å². The van der Waals surface area contributed by atoms with Gasteiger partial charge in [0.2, 0.25) is 17.8 Å². The molecule has 2 aliphatic heterocycles. The molecule has 1 atom stereocenters. The van der Waals surface area contributed by atoms with Crippen LogP contribution in [0.2, 0.25) is 0 Å². The summed E-state index contributed by atoms with van der Waals surface area (Å²) < 4.78 is 42.0. The van der Waals surface area contributed by atoms with Crippen LogP contribution in [0.25, 0.3) is 11.3 Å². The Kier molecular flexibility index (Phi) is 10.1. The molecule has 1 saturated heterocycles. The number of sulfonamides is 1. The zero-order chi connectivity index (χ0) is 35.6. The summed E-state index contributed by atoms with van der Waals surface area (Å²) in [5.74, 6) is 0.298. The topological polar surface area (TPSA) is 140 Å². The summed E-state index contributed by atoms with van der Waals surface area (Å²) in [4.78, 5) is 36.8. The zero-order valence-corrected chi connectivity index (χ0v) is 30.3. The number of carbonyl (C=O) groups is 1. The molecule has 1 amide bonds. The van der Waals surface area contributed by atoms with Gasteiger partial charge in [-0.25, -0.2) is 28.1 Å². The minimum Gasteiger partial charge on any atom is -0.475 e. The van der Waals surface area contributed by atoms with Gasteiger partial charge in [-0.2, -0.15) is 4.98 Å². The summed E-state index contributed by atoms with van der Waals surface area (Å²) in [6.07, 6.45) is 4.05. The Morgan fingerprint density at radius 1 is 0.980 bits per heavy atom. The molecule has 0 saturated carbocycles. The highest BCUT2D eigenvalue weighted by molar-refractivity contribution is 7.92. The summed E-state index contributed by atoms with van der Waals surface area (Å²) >= 11 is 0. The van der Waals surface area contributed by atoms with Gasteiger partial charge in [-0.3, -0.25) is 4.79 Å². The molecule has 1 N–H and O–H groups in total. The van der Waals surface area contributed by atoms with E-state index in [9.17, 15) is 13.2 Å². The minimum atomic E-state index is -4.18. The smallest absolute Gasteiger partial charge is 0.264 e. The van der Waals surface area contributed by atoms with Gasteiger partial charge in [0.15, 0.2) is 0 Å². The molecule has 2 aromatic heterocycles. The van der Waals surface area contributed by atoms with Crippen LogP contribution in [0.5, 0.6) is 5.88 Å². The Labute approximate surface area is 294 Å². The standard InChI is InChI=1S/C37H45N7O5S/c1-24-9-7-10-25(2)33(24)31-20-32-41-35(40-31)42-50(46,47)30-12-8-11-26(19-30)34(45)44(29(23-49-32)21-37(3,4)5)22-27-13-16-38-36(39-27)43(6)28-14-17-48-18-15-28/h7-13,16,19-20,28-29H,14-15,17-18,21-23H2,1-6H3,(H,40,41,42)/t29-/m1/s1. The van der Waals surface area contributed by atoms with Crippen molar-refractivity contribution in [3.05, 3.63) is 83.2 Å². The van der Waals surface area contributed by atoms with Gasteiger partial charge in [-0.15, -0.1) is 0 Å². The predicted molar refractivity (Wildman–Crippen MR) is 192 cm³/mol. The molecule has 0 radical (unpaired) electrons. The first-order valence-electron chi connectivity index (χ1n) is 16.9. The molecular weight excluding hydrogens is 655 g/mol. The third-order valence-electron chi connectivity index (χ3n) is 9.12. The molecule has 1 fully saturated rings. The highest BCUT2D eigenvalue weighted by Crippen LogP contribution is 2.32. The lowest BCUT2D eigenvalue weighted by atomic mass is 9.87. The number of anilines is 2. The number of nitrogens with zero attached hydrogens (tertiary/aromatic N) is 6. The molecule has 13 heteroatoms. The van der Waals surface area contributed by atoms with Gasteiger partial charge in [0.1, 0.15) is 6.61 Å². The van der Waals surface area contributed by atoms with Crippen molar-refractivity contribution in [1.82, 2.24) is 24.8 Å². The maximum Gasteiger partial charge on any atom is 0.264 e. The van der Waals surface area contributed by atoms with Gasteiger partial charge in [0.25, 0.3) is 15.9 Å². The van der Waals surface area contributed by atoms with E-state index in [1.807, 2.05) is 45.2 Å². The maximum atomic E-state index is 14.6. The minimum absolute atomic E-state index is 0.0825. The van der Waals surface area contributed by atoms with Gasteiger partial charge in [-0.05, 0) is 73.9 Å². The fourth-order valence-electron chi connectivity index (χ4n) is 6.60. The van der Waals surface area contributed by atoms with Crippen molar-refractivity contribution in [3.8, 4) is 17.1 Å². The summed E-state index contributed by atoms with van der Waals surface area (Å²) in [5.41, 5.74) is 4.01. The van der Waals surface area contributed by atoms with Crippen LogP contribution < -0.4 is 14.4 Å². The molecule has 4 bridgehead atoms. The van der Waals surface area contributed by atoms with Crippen LogP contribution in [0.4, 0.5) is 11.9 Å². The number of carbonyl (C=O) groups excluding carboxylic acids is 1. The number of hydrogen-bond donors (Lipinski definition) is 1. The number of benzene rings is 2. The van der Waals surface area contributed by atoms with E-state index in [1.54, 1.807) is 29.3 Å². The normalized spacial score (nSPS) is 18.2. The lowest BCUT2D eigenvalue weighted by Crippen LogP contribution is -2.45. The van der Waals surface area contributed by atoms with Crippen LogP contribution in [0.15, 0.2) is 65.7 Å². The lowest BCUT2D eigenvalue weighted by Gasteiger charge is -2.36. The molecule has 2 aromatic carbocycles. The maximum absolute atomic E-state index is 14.6. The van der Waals surface area contributed by atoms with Gasteiger partial charge in [0, 0.05) is 49.7 Å². The van der Waals surface area contributed by atoms with Crippen LogP contribution in [-0.4, -0.2) is 78.1 Å². The largest absolute Gasteiger partial charge is 0.475 e. The Morgan fingerprint density at radius 3 is 2.42 bits per heavy atom. The van der Waals surface area contributed by atoms with Crippen LogP contribution in [-0.2, 0) is 21.3 Å². The number of fused-ring (bicyclic) bond motifs is 4. The lowest BCUT2D eigenvalue weighted by molar-refractivity contribution is 0.0509. The first kappa shape index (κ1) is 35.2. The summed E-state index contributed by atoms with van der Waals surface area (Å²) in [5, 5.41) is 0. The predicted octanol–water partition coefficient (Wildman–Crippen LogP) is 5.81. The second-order valence-electron chi connectivity index (χ2n) is 14.3. The first-order valence-corrected chi connectivity index (χ1v) is 18.4. The van der Waals surface area contributed by atoms with Crippen LogP contribution >= 0.6 is 0 Å². The van der Waals surface area contributed by atoms with E-state index < -0.39 is 16.1 Å². The van der Waals surface area contributed by atoms with E-state index in [0.717, 1.165) is 29.5 Å². The third kappa shape index (κ3) is 8.05. The van der Waals surface area contributed by atoms with Gasteiger partial charge < -0.3 is 19.3 Å². The summed E-state index contributed by atoms with van der Waals surface area (Å²) in [6, 6.07) is 15.3. The number of amides is 1. The van der Waals surface area contributed by atoms with Gasteiger partial charge >= 0.3 is 0 Å². The van der Waals surface area contributed by atoms with Crippen LogP contribution in [0.1, 0.15) is 67.2 Å². The molecular formula is C37H45N7O5S. The first-order chi connectivity index (χ1) is 23.8. The molecule has 4 heterocycles. The number of nitrogens with one attached hydrogen (secondary N) is 1. The number of aryl methyl sites for hydroxylation is 2. The number of hydrogen-bond acceptors (Lipinski definition) is 10.